The molecule has 1 aliphatic rings. The van der Waals surface area contributed by atoms with E-state index in [4.69, 9.17) is 0 Å². The van der Waals surface area contributed by atoms with Gasteiger partial charge in [-0.25, -0.2) is 0 Å². The molecule has 0 radical (unpaired) electrons. The minimum Gasteiger partial charge on any atom is -0.357 e. The minimum atomic E-state index is -4.14. The number of hydrogen-bond acceptors (Lipinski definition) is 3. The number of piperidine rings is 1. The standard InChI is InChI=1S/C16H32F3N5/c1-3-20-15(22-9-13-24-11-5-4-6-12-24)21-8-7-10-23(2)14-16(17,18)19/h3-14H2,1-2H3,(H2,20,21,22). The summed E-state index contributed by atoms with van der Waals surface area (Å²) in [5.74, 6) is 0.744. The van der Waals surface area contributed by atoms with Crippen molar-refractivity contribution in [3.63, 3.8) is 0 Å². The van der Waals surface area contributed by atoms with Crippen LogP contribution in [0.3, 0.4) is 0 Å². The van der Waals surface area contributed by atoms with Crippen molar-refractivity contribution in [2.24, 2.45) is 4.99 Å². The van der Waals surface area contributed by atoms with Gasteiger partial charge in [0.15, 0.2) is 5.96 Å². The second kappa shape index (κ2) is 11.5. The zero-order valence-electron chi connectivity index (χ0n) is 15.0. The van der Waals surface area contributed by atoms with Crippen LogP contribution >= 0.6 is 0 Å². The van der Waals surface area contributed by atoms with E-state index in [-0.39, 0.29) is 0 Å². The Bertz CT molecular complexity index is 354. The van der Waals surface area contributed by atoms with Crippen LogP contribution in [0.25, 0.3) is 0 Å². The highest BCUT2D eigenvalue weighted by atomic mass is 19.4. The Kier molecular flexibility index (Phi) is 10.1. The summed E-state index contributed by atoms with van der Waals surface area (Å²) in [7, 11) is 1.49. The SMILES string of the molecule is CCNC(=NCCCN(C)CC(F)(F)F)NCCN1CCCCC1. The molecule has 0 aliphatic carbocycles. The van der Waals surface area contributed by atoms with Crippen LogP contribution in [0.2, 0.25) is 0 Å². The van der Waals surface area contributed by atoms with Crippen molar-refractivity contribution < 1.29 is 13.2 Å². The molecule has 0 aromatic carbocycles. The predicted molar refractivity (Wildman–Crippen MR) is 92.4 cm³/mol. The van der Waals surface area contributed by atoms with E-state index in [1.165, 1.54) is 44.3 Å². The first-order valence-electron chi connectivity index (χ1n) is 8.90. The van der Waals surface area contributed by atoms with Crippen LogP contribution in [-0.4, -0.2) is 81.3 Å². The fourth-order valence-corrected chi connectivity index (χ4v) is 2.77. The monoisotopic (exact) mass is 351 g/mol. The number of nitrogens with one attached hydrogen (secondary N) is 2. The Morgan fingerprint density at radius 1 is 1.17 bits per heavy atom. The van der Waals surface area contributed by atoms with Crippen molar-refractivity contribution in [1.29, 1.82) is 0 Å². The Morgan fingerprint density at radius 3 is 2.50 bits per heavy atom. The average Bonchev–Trinajstić information content (AvgIpc) is 2.51. The van der Waals surface area contributed by atoms with Gasteiger partial charge in [-0.3, -0.25) is 9.89 Å². The average molecular weight is 351 g/mol. The normalized spacial score (nSPS) is 17.3. The third-order valence-corrected chi connectivity index (χ3v) is 3.93. The lowest BCUT2D eigenvalue weighted by atomic mass is 10.1. The van der Waals surface area contributed by atoms with Gasteiger partial charge in [0.05, 0.1) is 6.54 Å². The summed E-state index contributed by atoms with van der Waals surface area (Å²) >= 11 is 0. The highest BCUT2D eigenvalue weighted by Crippen LogP contribution is 2.15. The van der Waals surface area contributed by atoms with Gasteiger partial charge in [0, 0.05) is 26.2 Å². The van der Waals surface area contributed by atoms with Crippen molar-refractivity contribution in [2.45, 2.75) is 38.8 Å². The molecule has 2 N–H and O–H groups in total. The number of rotatable bonds is 9. The maximum atomic E-state index is 12.2. The zero-order chi connectivity index (χ0) is 17.8. The topological polar surface area (TPSA) is 42.9 Å². The van der Waals surface area contributed by atoms with E-state index in [2.05, 4.69) is 20.5 Å². The summed E-state index contributed by atoms with van der Waals surface area (Å²) in [6.45, 7) is 6.96. The van der Waals surface area contributed by atoms with E-state index in [0.717, 1.165) is 25.6 Å². The maximum Gasteiger partial charge on any atom is 0.401 e. The molecule has 0 atom stereocenters. The summed E-state index contributed by atoms with van der Waals surface area (Å²) < 4.78 is 36.7. The van der Waals surface area contributed by atoms with Crippen LogP contribution in [0.1, 0.15) is 32.6 Å². The second-order valence-electron chi connectivity index (χ2n) is 6.30. The first-order chi connectivity index (χ1) is 11.4. The first-order valence-corrected chi connectivity index (χ1v) is 8.90. The Labute approximate surface area is 143 Å². The number of hydrogen-bond donors (Lipinski definition) is 2. The lowest BCUT2D eigenvalue weighted by molar-refractivity contribution is -0.143. The molecule has 1 aliphatic heterocycles. The van der Waals surface area contributed by atoms with Crippen molar-refractivity contribution in [3.8, 4) is 0 Å². The fourth-order valence-electron chi connectivity index (χ4n) is 2.77. The van der Waals surface area contributed by atoms with Crippen molar-refractivity contribution in [3.05, 3.63) is 0 Å². The molecule has 0 amide bonds. The van der Waals surface area contributed by atoms with Gasteiger partial charge < -0.3 is 15.5 Å². The molecule has 1 rings (SSSR count). The van der Waals surface area contributed by atoms with Crippen molar-refractivity contribution in [1.82, 2.24) is 20.4 Å². The van der Waals surface area contributed by atoms with Crippen LogP contribution in [0.15, 0.2) is 4.99 Å². The molecule has 0 spiro atoms. The Morgan fingerprint density at radius 2 is 1.88 bits per heavy atom. The smallest absolute Gasteiger partial charge is 0.357 e. The molecule has 142 valence electrons. The Hall–Kier alpha value is -1.02. The van der Waals surface area contributed by atoms with Crippen molar-refractivity contribution >= 4 is 5.96 Å². The van der Waals surface area contributed by atoms with Crippen LogP contribution in [0.4, 0.5) is 13.2 Å². The molecule has 8 heteroatoms. The van der Waals surface area contributed by atoms with Gasteiger partial charge in [-0.05, 0) is 52.9 Å². The number of aliphatic imine (C=N–C) groups is 1. The predicted octanol–water partition coefficient (Wildman–Crippen LogP) is 1.91. The highest BCUT2D eigenvalue weighted by Gasteiger charge is 2.28. The molecule has 0 saturated carbocycles. The van der Waals surface area contributed by atoms with Gasteiger partial charge in [0.2, 0.25) is 0 Å². The van der Waals surface area contributed by atoms with Gasteiger partial charge in [-0.1, -0.05) is 6.42 Å². The molecule has 0 bridgehead atoms. The summed E-state index contributed by atoms with van der Waals surface area (Å²) in [5, 5.41) is 6.47. The molecule has 0 aromatic heterocycles. The van der Waals surface area contributed by atoms with Gasteiger partial charge >= 0.3 is 6.18 Å². The van der Waals surface area contributed by atoms with Gasteiger partial charge in [0.25, 0.3) is 0 Å². The number of likely N-dealkylation sites (tertiary alicyclic amines) is 1. The molecular formula is C16H32F3N5. The molecule has 1 saturated heterocycles. The van der Waals surface area contributed by atoms with Gasteiger partial charge in [0.1, 0.15) is 0 Å². The molecule has 1 heterocycles. The summed E-state index contributed by atoms with van der Waals surface area (Å²) in [6, 6.07) is 0. The number of guanidine groups is 1. The number of nitrogens with zero attached hydrogens (tertiary/aromatic N) is 3. The second-order valence-corrected chi connectivity index (χ2v) is 6.30. The van der Waals surface area contributed by atoms with Gasteiger partial charge in [-0.15, -0.1) is 0 Å². The third kappa shape index (κ3) is 10.7. The molecule has 24 heavy (non-hydrogen) atoms. The summed E-state index contributed by atoms with van der Waals surface area (Å²) in [4.78, 5) is 8.17. The lowest BCUT2D eigenvalue weighted by Crippen LogP contribution is -2.42. The fraction of sp³-hybridized carbons (Fsp3) is 0.938. The first kappa shape index (κ1) is 21.0. The van der Waals surface area contributed by atoms with E-state index >= 15 is 0 Å². The molecule has 0 unspecified atom stereocenters. The van der Waals surface area contributed by atoms with Crippen LogP contribution in [-0.2, 0) is 0 Å². The quantitative estimate of drug-likeness (QED) is 0.378. The summed E-state index contributed by atoms with van der Waals surface area (Å²) in [6.07, 6.45) is 0.355. The van der Waals surface area contributed by atoms with E-state index in [0.29, 0.717) is 19.5 Å². The number of halogens is 3. The lowest BCUT2D eigenvalue weighted by Gasteiger charge is -2.26. The van der Waals surface area contributed by atoms with E-state index in [1.54, 1.807) is 0 Å². The van der Waals surface area contributed by atoms with Crippen LogP contribution < -0.4 is 10.6 Å². The third-order valence-electron chi connectivity index (χ3n) is 3.93. The minimum absolute atomic E-state index is 0.385. The number of alkyl halides is 3. The molecule has 5 nitrogen and oxygen atoms in total. The Balaban J connectivity index is 2.21. The highest BCUT2D eigenvalue weighted by molar-refractivity contribution is 5.79. The van der Waals surface area contributed by atoms with Crippen molar-refractivity contribution in [2.75, 3.05) is 59.4 Å². The zero-order valence-corrected chi connectivity index (χ0v) is 15.0. The molecular weight excluding hydrogens is 319 g/mol. The maximum absolute atomic E-state index is 12.2. The molecule has 1 fully saturated rings. The van der Waals surface area contributed by atoms with E-state index < -0.39 is 12.7 Å². The van der Waals surface area contributed by atoms with Crippen LogP contribution in [0.5, 0.6) is 0 Å². The van der Waals surface area contributed by atoms with E-state index in [9.17, 15) is 13.2 Å². The van der Waals surface area contributed by atoms with E-state index in [1.807, 2.05) is 6.92 Å². The van der Waals surface area contributed by atoms with Gasteiger partial charge in [-0.2, -0.15) is 13.2 Å². The summed E-state index contributed by atoms with van der Waals surface area (Å²) in [5.41, 5.74) is 0. The largest absolute Gasteiger partial charge is 0.401 e. The van der Waals surface area contributed by atoms with Crippen LogP contribution in [0, 0.1) is 0 Å². The molecule has 0 aromatic rings.